The number of nitrogens with zero attached hydrogens (tertiary/aromatic N) is 3. The van der Waals surface area contributed by atoms with Crippen LogP contribution in [0.4, 0.5) is 5.13 Å². The van der Waals surface area contributed by atoms with Gasteiger partial charge in [-0.3, -0.25) is 4.90 Å². The molecule has 1 fully saturated rings. The quantitative estimate of drug-likeness (QED) is 0.936. The number of hydrogen-bond acceptors (Lipinski definition) is 6. The molecule has 0 bridgehead atoms. The third-order valence-electron chi connectivity index (χ3n) is 3.36. The summed E-state index contributed by atoms with van der Waals surface area (Å²) in [5, 5.41) is 3.20. The number of piperazine rings is 1. The standard InChI is InChI=1S/C13H18N4S2/c14-9-11-1-2-12(19-11)10-16-4-6-17(7-5-16)13-15-3-8-18-13/h1-3,8H,4-7,9-10,14H2. The van der Waals surface area contributed by atoms with Gasteiger partial charge in [0.25, 0.3) is 0 Å². The Morgan fingerprint density at radius 3 is 2.58 bits per heavy atom. The summed E-state index contributed by atoms with van der Waals surface area (Å²) in [5.74, 6) is 0. The molecular formula is C13H18N4S2. The molecule has 3 heterocycles. The predicted molar refractivity (Wildman–Crippen MR) is 81.8 cm³/mol. The van der Waals surface area contributed by atoms with Crippen LogP contribution in [0, 0.1) is 0 Å². The SMILES string of the molecule is NCc1ccc(CN2CCN(c3nccs3)CC2)s1. The Morgan fingerprint density at radius 1 is 1.16 bits per heavy atom. The third kappa shape index (κ3) is 3.14. The summed E-state index contributed by atoms with van der Waals surface area (Å²) in [6, 6.07) is 4.35. The molecule has 0 saturated carbocycles. The summed E-state index contributed by atoms with van der Waals surface area (Å²) in [7, 11) is 0. The zero-order valence-electron chi connectivity index (χ0n) is 10.8. The number of thiophene rings is 1. The van der Waals surface area contributed by atoms with Gasteiger partial charge in [-0.1, -0.05) is 0 Å². The van der Waals surface area contributed by atoms with Gasteiger partial charge in [0.15, 0.2) is 5.13 Å². The summed E-state index contributed by atoms with van der Waals surface area (Å²) in [6.07, 6.45) is 1.88. The second-order valence-corrected chi connectivity index (χ2v) is 6.78. The van der Waals surface area contributed by atoms with Gasteiger partial charge in [-0.15, -0.1) is 22.7 Å². The van der Waals surface area contributed by atoms with Crippen molar-refractivity contribution in [2.45, 2.75) is 13.1 Å². The molecule has 0 aromatic carbocycles. The molecule has 102 valence electrons. The van der Waals surface area contributed by atoms with E-state index in [1.807, 2.05) is 22.9 Å². The molecule has 0 spiro atoms. The number of thiazole rings is 1. The zero-order chi connectivity index (χ0) is 13.1. The van der Waals surface area contributed by atoms with Crippen molar-refractivity contribution >= 4 is 27.8 Å². The van der Waals surface area contributed by atoms with E-state index in [9.17, 15) is 0 Å². The van der Waals surface area contributed by atoms with Gasteiger partial charge in [-0.2, -0.15) is 0 Å². The largest absolute Gasteiger partial charge is 0.346 e. The van der Waals surface area contributed by atoms with Crippen molar-refractivity contribution in [3.63, 3.8) is 0 Å². The van der Waals surface area contributed by atoms with Crippen molar-refractivity contribution in [3.05, 3.63) is 33.5 Å². The minimum atomic E-state index is 0.655. The van der Waals surface area contributed by atoms with Gasteiger partial charge >= 0.3 is 0 Å². The Hall–Kier alpha value is -0.950. The fourth-order valence-corrected chi connectivity index (χ4v) is 3.94. The van der Waals surface area contributed by atoms with E-state index in [0.717, 1.165) is 37.9 Å². The molecule has 2 aromatic heterocycles. The molecule has 1 aliphatic rings. The van der Waals surface area contributed by atoms with Crippen LogP contribution in [0.15, 0.2) is 23.7 Å². The van der Waals surface area contributed by atoms with Gasteiger partial charge in [-0.05, 0) is 12.1 Å². The molecule has 2 N–H and O–H groups in total. The van der Waals surface area contributed by atoms with E-state index in [4.69, 9.17) is 5.73 Å². The van der Waals surface area contributed by atoms with Gasteiger partial charge in [0, 0.05) is 60.6 Å². The molecule has 4 nitrogen and oxygen atoms in total. The van der Waals surface area contributed by atoms with Crippen LogP contribution in [0.1, 0.15) is 9.75 Å². The lowest BCUT2D eigenvalue weighted by molar-refractivity contribution is 0.252. The van der Waals surface area contributed by atoms with Gasteiger partial charge < -0.3 is 10.6 Å². The topological polar surface area (TPSA) is 45.4 Å². The third-order valence-corrected chi connectivity index (χ3v) is 5.28. The lowest BCUT2D eigenvalue weighted by Crippen LogP contribution is -2.45. The lowest BCUT2D eigenvalue weighted by atomic mass is 10.3. The minimum Gasteiger partial charge on any atom is -0.346 e. The number of rotatable bonds is 4. The van der Waals surface area contributed by atoms with E-state index in [-0.39, 0.29) is 0 Å². The highest BCUT2D eigenvalue weighted by Crippen LogP contribution is 2.21. The van der Waals surface area contributed by atoms with Crippen LogP contribution in [-0.4, -0.2) is 36.1 Å². The first-order chi connectivity index (χ1) is 9.35. The Morgan fingerprint density at radius 2 is 1.95 bits per heavy atom. The van der Waals surface area contributed by atoms with E-state index >= 15 is 0 Å². The summed E-state index contributed by atoms with van der Waals surface area (Å²) in [5.41, 5.74) is 5.65. The molecule has 0 radical (unpaired) electrons. The maximum absolute atomic E-state index is 5.65. The van der Waals surface area contributed by atoms with Crippen molar-refractivity contribution in [2.24, 2.45) is 5.73 Å². The summed E-state index contributed by atoms with van der Waals surface area (Å²) < 4.78 is 0. The number of nitrogens with two attached hydrogens (primary N) is 1. The number of anilines is 1. The molecule has 1 aliphatic heterocycles. The van der Waals surface area contributed by atoms with Crippen molar-refractivity contribution in [1.82, 2.24) is 9.88 Å². The second kappa shape index (κ2) is 6.00. The molecule has 6 heteroatoms. The normalized spacial score (nSPS) is 17.0. The van der Waals surface area contributed by atoms with Gasteiger partial charge in [0.1, 0.15) is 0 Å². The minimum absolute atomic E-state index is 0.655. The molecule has 1 saturated heterocycles. The average Bonchev–Trinajstić information content (AvgIpc) is 3.10. The van der Waals surface area contributed by atoms with E-state index in [1.54, 1.807) is 11.3 Å². The molecular weight excluding hydrogens is 276 g/mol. The Bertz CT molecular complexity index is 500. The molecule has 19 heavy (non-hydrogen) atoms. The highest BCUT2D eigenvalue weighted by atomic mass is 32.1. The van der Waals surface area contributed by atoms with E-state index in [0.29, 0.717) is 6.54 Å². The van der Waals surface area contributed by atoms with E-state index in [1.165, 1.54) is 9.75 Å². The van der Waals surface area contributed by atoms with Crippen LogP contribution >= 0.6 is 22.7 Å². The highest BCUT2D eigenvalue weighted by Gasteiger charge is 2.18. The maximum Gasteiger partial charge on any atom is 0.185 e. The van der Waals surface area contributed by atoms with Crippen molar-refractivity contribution < 1.29 is 0 Å². The summed E-state index contributed by atoms with van der Waals surface area (Å²) in [6.45, 7) is 6.06. The van der Waals surface area contributed by atoms with Crippen LogP contribution in [0.5, 0.6) is 0 Å². The lowest BCUT2D eigenvalue weighted by Gasteiger charge is -2.34. The van der Waals surface area contributed by atoms with Crippen molar-refractivity contribution in [1.29, 1.82) is 0 Å². The van der Waals surface area contributed by atoms with E-state index in [2.05, 4.69) is 26.9 Å². The van der Waals surface area contributed by atoms with Crippen molar-refractivity contribution in [2.75, 3.05) is 31.1 Å². The zero-order valence-corrected chi connectivity index (χ0v) is 12.4. The monoisotopic (exact) mass is 294 g/mol. The summed E-state index contributed by atoms with van der Waals surface area (Å²) in [4.78, 5) is 12.0. The molecule has 0 aliphatic carbocycles. The Labute approximate surface area is 121 Å². The molecule has 2 aromatic rings. The van der Waals surface area contributed by atoms with Gasteiger partial charge in [-0.25, -0.2) is 4.98 Å². The van der Waals surface area contributed by atoms with Crippen LogP contribution < -0.4 is 10.6 Å². The highest BCUT2D eigenvalue weighted by molar-refractivity contribution is 7.13. The van der Waals surface area contributed by atoms with Crippen LogP contribution in [0.3, 0.4) is 0 Å². The molecule has 0 atom stereocenters. The fraction of sp³-hybridized carbons (Fsp3) is 0.462. The fourth-order valence-electron chi connectivity index (χ4n) is 2.31. The average molecular weight is 294 g/mol. The Balaban J connectivity index is 1.52. The first-order valence-electron chi connectivity index (χ1n) is 6.49. The maximum atomic E-state index is 5.65. The van der Waals surface area contributed by atoms with E-state index < -0.39 is 0 Å². The second-order valence-electron chi connectivity index (χ2n) is 4.65. The van der Waals surface area contributed by atoms with Crippen molar-refractivity contribution in [3.8, 4) is 0 Å². The van der Waals surface area contributed by atoms with Gasteiger partial charge in [0.05, 0.1) is 0 Å². The van der Waals surface area contributed by atoms with Crippen LogP contribution in [-0.2, 0) is 13.1 Å². The predicted octanol–water partition coefficient (Wildman–Crippen LogP) is 1.99. The Kier molecular flexibility index (Phi) is 4.12. The molecule has 0 amide bonds. The number of hydrogen-bond donors (Lipinski definition) is 1. The summed E-state index contributed by atoms with van der Waals surface area (Å²) >= 11 is 3.56. The molecule has 3 rings (SSSR count). The first-order valence-corrected chi connectivity index (χ1v) is 8.19. The first kappa shape index (κ1) is 13.1. The van der Waals surface area contributed by atoms with Crippen LogP contribution in [0.2, 0.25) is 0 Å². The smallest absolute Gasteiger partial charge is 0.185 e. The molecule has 0 unspecified atom stereocenters. The number of aromatic nitrogens is 1. The van der Waals surface area contributed by atoms with Crippen LogP contribution in [0.25, 0.3) is 0 Å². The van der Waals surface area contributed by atoms with Gasteiger partial charge in [0.2, 0.25) is 0 Å².